The van der Waals surface area contributed by atoms with Gasteiger partial charge >= 0.3 is 0 Å². The Bertz CT molecular complexity index is 380. The molecule has 4 N–H and O–H groups in total. The van der Waals surface area contributed by atoms with Crippen molar-refractivity contribution in [1.82, 2.24) is 0 Å². The standard InChI is InChI=1S/C13H21BrN2O/c1-13(2,6-7-15)12(16)9-4-5-11(17-3)10(14)8-9/h4-5,8,12H,6-7,15-16H2,1-3H3. The van der Waals surface area contributed by atoms with Crippen LogP contribution in [0.3, 0.4) is 0 Å². The van der Waals surface area contributed by atoms with Gasteiger partial charge in [-0.1, -0.05) is 19.9 Å². The lowest BCUT2D eigenvalue weighted by molar-refractivity contribution is 0.270. The third-order valence-electron chi connectivity index (χ3n) is 3.17. The van der Waals surface area contributed by atoms with E-state index in [4.69, 9.17) is 16.2 Å². The van der Waals surface area contributed by atoms with Crippen molar-refractivity contribution < 1.29 is 4.74 Å². The molecule has 1 aromatic carbocycles. The molecule has 0 amide bonds. The number of benzene rings is 1. The molecule has 0 aliphatic rings. The molecule has 96 valence electrons. The van der Waals surface area contributed by atoms with Gasteiger partial charge in [-0.25, -0.2) is 0 Å². The predicted molar refractivity (Wildman–Crippen MR) is 75.1 cm³/mol. The molecule has 0 heterocycles. The Morgan fingerprint density at radius 3 is 2.53 bits per heavy atom. The highest BCUT2D eigenvalue weighted by atomic mass is 79.9. The Morgan fingerprint density at radius 1 is 1.41 bits per heavy atom. The second kappa shape index (κ2) is 5.85. The van der Waals surface area contributed by atoms with Gasteiger partial charge < -0.3 is 16.2 Å². The zero-order valence-corrected chi connectivity index (χ0v) is 12.3. The van der Waals surface area contributed by atoms with Gasteiger partial charge in [-0.05, 0) is 52.0 Å². The molecule has 1 unspecified atom stereocenters. The molecule has 0 fully saturated rings. The average molecular weight is 301 g/mol. The monoisotopic (exact) mass is 300 g/mol. The maximum atomic E-state index is 6.30. The number of ether oxygens (including phenoxy) is 1. The molecule has 0 saturated carbocycles. The number of methoxy groups -OCH3 is 1. The third-order valence-corrected chi connectivity index (χ3v) is 3.79. The minimum Gasteiger partial charge on any atom is -0.496 e. The number of rotatable bonds is 5. The van der Waals surface area contributed by atoms with Crippen LogP contribution in [0.5, 0.6) is 5.75 Å². The van der Waals surface area contributed by atoms with Crippen molar-refractivity contribution in [2.75, 3.05) is 13.7 Å². The molecule has 0 saturated heterocycles. The van der Waals surface area contributed by atoms with Gasteiger partial charge in [0.25, 0.3) is 0 Å². The largest absolute Gasteiger partial charge is 0.496 e. The van der Waals surface area contributed by atoms with Crippen LogP contribution >= 0.6 is 15.9 Å². The van der Waals surface area contributed by atoms with Gasteiger partial charge in [0.1, 0.15) is 5.75 Å². The van der Waals surface area contributed by atoms with Crippen molar-refractivity contribution >= 4 is 15.9 Å². The first-order chi connectivity index (χ1) is 7.92. The summed E-state index contributed by atoms with van der Waals surface area (Å²) in [5, 5.41) is 0. The van der Waals surface area contributed by atoms with Crippen molar-refractivity contribution in [2.24, 2.45) is 16.9 Å². The first kappa shape index (κ1) is 14.5. The second-order valence-electron chi connectivity index (χ2n) is 4.90. The van der Waals surface area contributed by atoms with E-state index in [1.54, 1.807) is 7.11 Å². The van der Waals surface area contributed by atoms with E-state index in [-0.39, 0.29) is 11.5 Å². The molecule has 17 heavy (non-hydrogen) atoms. The van der Waals surface area contributed by atoms with E-state index >= 15 is 0 Å². The van der Waals surface area contributed by atoms with Crippen LogP contribution in [-0.2, 0) is 0 Å². The molecule has 0 spiro atoms. The van der Waals surface area contributed by atoms with Crippen LogP contribution in [0.15, 0.2) is 22.7 Å². The van der Waals surface area contributed by atoms with Crippen molar-refractivity contribution in [1.29, 1.82) is 0 Å². The van der Waals surface area contributed by atoms with Gasteiger partial charge in [0.05, 0.1) is 11.6 Å². The molecule has 1 aromatic rings. The molecule has 0 bridgehead atoms. The normalized spacial score (nSPS) is 13.5. The molecular weight excluding hydrogens is 280 g/mol. The van der Waals surface area contributed by atoms with Gasteiger partial charge in [-0.2, -0.15) is 0 Å². The molecule has 0 aliphatic heterocycles. The molecule has 0 aromatic heterocycles. The maximum absolute atomic E-state index is 6.30. The van der Waals surface area contributed by atoms with Gasteiger partial charge in [-0.15, -0.1) is 0 Å². The summed E-state index contributed by atoms with van der Waals surface area (Å²) in [7, 11) is 1.65. The second-order valence-corrected chi connectivity index (χ2v) is 5.75. The van der Waals surface area contributed by atoms with Gasteiger partial charge in [-0.3, -0.25) is 0 Å². The van der Waals surface area contributed by atoms with Crippen LogP contribution in [0.1, 0.15) is 31.9 Å². The zero-order valence-electron chi connectivity index (χ0n) is 10.7. The topological polar surface area (TPSA) is 61.3 Å². The summed E-state index contributed by atoms with van der Waals surface area (Å²) in [5.74, 6) is 0.817. The Morgan fingerprint density at radius 2 is 2.06 bits per heavy atom. The fourth-order valence-electron chi connectivity index (χ4n) is 1.85. The quantitative estimate of drug-likeness (QED) is 0.879. The van der Waals surface area contributed by atoms with E-state index < -0.39 is 0 Å². The van der Waals surface area contributed by atoms with Gasteiger partial charge in [0, 0.05) is 6.04 Å². The molecule has 3 nitrogen and oxygen atoms in total. The van der Waals surface area contributed by atoms with Crippen molar-refractivity contribution in [3.8, 4) is 5.75 Å². The lowest BCUT2D eigenvalue weighted by atomic mass is 9.78. The Kier molecular flexibility index (Phi) is 4.98. The highest BCUT2D eigenvalue weighted by Gasteiger charge is 2.27. The smallest absolute Gasteiger partial charge is 0.133 e. The van der Waals surface area contributed by atoms with Crippen LogP contribution in [-0.4, -0.2) is 13.7 Å². The van der Waals surface area contributed by atoms with E-state index in [2.05, 4.69) is 29.8 Å². The van der Waals surface area contributed by atoms with E-state index in [9.17, 15) is 0 Å². The highest BCUT2D eigenvalue weighted by Crippen LogP contribution is 2.36. The summed E-state index contributed by atoms with van der Waals surface area (Å²) in [6, 6.07) is 5.92. The number of hydrogen-bond acceptors (Lipinski definition) is 3. The first-order valence-corrected chi connectivity index (χ1v) is 6.50. The van der Waals surface area contributed by atoms with E-state index in [0.29, 0.717) is 6.54 Å². The SMILES string of the molecule is COc1ccc(C(N)C(C)(C)CCN)cc1Br. The fourth-order valence-corrected chi connectivity index (χ4v) is 2.41. The number of hydrogen-bond donors (Lipinski definition) is 2. The predicted octanol–water partition coefficient (Wildman–Crippen LogP) is 2.83. The molecule has 4 heteroatoms. The molecule has 1 rings (SSSR count). The van der Waals surface area contributed by atoms with Gasteiger partial charge in [0.15, 0.2) is 0 Å². The molecular formula is C13H21BrN2O. The fraction of sp³-hybridized carbons (Fsp3) is 0.538. The molecule has 1 atom stereocenters. The van der Waals surface area contributed by atoms with Crippen LogP contribution in [0.4, 0.5) is 0 Å². The lowest BCUT2D eigenvalue weighted by Gasteiger charge is -2.31. The Balaban J connectivity index is 2.96. The summed E-state index contributed by atoms with van der Waals surface area (Å²) in [6.07, 6.45) is 0.901. The lowest BCUT2D eigenvalue weighted by Crippen LogP contribution is -2.31. The maximum Gasteiger partial charge on any atom is 0.133 e. The average Bonchev–Trinajstić information content (AvgIpc) is 2.27. The number of nitrogens with two attached hydrogens (primary N) is 2. The van der Waals surface area contributed by atoms with Crippen LogP contribution in [0, 0.1) is 5.41 Å². The molecule has 0 radical (unpaired) electrons. The van der Waals surface area contributed by atoms with Crippen molar-refractivity contribution in [3.05, 3.63) is 28.2 Å². The zero-order chi connectivity index (χ0) is 13.1. The van der Waals surface area contributed by atoms with Crippen molar-refractivity contribution in [2.45, 2.75) is 26.3 Å². The summed E-state index contributed by atoms with van der Waals surface area (Å²) in [6.45, 7) is 4.93. The van der Waals surface area contributed by atoms with E-state index in [1.807, 2.05) is 18.2 Å². The Labute approximate surface area is 112 Å². The van der Waals surface area contributed by atoms with Crippen LogP contribution in [0.2, 0.25) is 0 Å². The van der Waals surface area contributed by atoms with E-state index in [1.165, 1.54) is 0 Å². The molecule has 0 aliphatic carbocycles. The minimum absolute atomic E-state index is 0.0111. The summed E-state index contributed by atoms with van der Waals surface area (Å²) >= 11 is 3.48. The summed E-state index contributed by atoms with van der Waals surface area (Å²) in [5.41, 5.74) is 13.0. The first-order valence-electron chi connectivity index (χ1n) is 5.71. The highest BCUT2D eigenvalue weighted by molar-refractivity contribution is 9.10. The summed E-state index contributed by atoms with van der Waals surface area (Å²) in [4.78, 5) is 0. The minimum atomic E-state index is -0.0340. The van der Waals surface area contributed by atoms with Crippen molar-refractivity contribution in [3.63, 3.8) is 0 Å². The van der Waals surface area contributed by atoms with Crippen LogP contribution < -0.4 is 16.2 Å². The third kappa shape index (κ3) is 3.44. The van der Waals surface area contributed by atoms with E-state index in [0.717, 1.165) is 22.2 Å². The number of halogens is 1. The Hall–Kier alpha value is -0.580. The van der Waals surface area contributed by atoms with Gasteiger partial charge in [0.2, 0.25) is 0 Å². The summed E-state index contributed by atoms with van der Waals surface area (Å²) < 4.78 is 6.13. The van der Waals surface area contributed by atoms with Crippen LogP contribution in [0.25, 0.3) is 0 Å².